The van der Waals surface area contributed by atoms with Gasteiger partial charge in [-0.2, -0.15) is 0 Å². The highest BCUT2D eigenvalue weighted by atomic mass is 16.7. The van der Waals surface area contributed by atoms with Crippen molar-refractivity contribution in [2.45, 2.75) is 145 Å². The first-order valence-corrected chi connectivity index (χ1v) is 18.0. The molecule has 0 unspecified atom stereocenters. The Bertz CT molecular complexity index is 1290. The average Bonchev–Trinajstić information content (AvgIpc) is 3.63. The molecule has 6 fully saturated rings. The van der Waals surface area contributed by atoms with Gasteiger partial charge in [-0.25, -0.2) is 4.79 Å². The molecule has 0 spiro atoms. The smallest absolute Gasteiger partial charge is 0.331 e. The number of esters is 1. The second kappa shape index (κ2) is 13.1. The van der Waals surface area contributed by atoms with E-state index >= 15 is 0 Å². The summed E-state index contributed by atoms with van der Waals surface area (Å²) in [6.07, 6.45) is -5.50. The van der Waals surface area contributed by atoms with E-state index in [0.29, 0.717) is 25.7 Å². The molecule has 2 saturated heterocycles. The number of carbonyl (C=O) groups excluding carboxylic acids is 2. The molecule has 0 bridgehead atoms. The normalized spacial score (nSPS) is 54.3. The third kappa shape index (κ3) is 5.56. The minimum Gasteiger partial charge on any atom is -0.458 e. The summed E-state index contributed by atoms with van der Waals surface area (Å²) >= 11 is 0. The van der Waals surface area contributed by atoms with E-state index in [2.05, 4.69) is 6.92 Å². The quantitative estimate of drug-likeness (QED) is 0.131. The highest BCUT2D eigenvalue weighted by molar-refractivity contribution is 5.85. The van der Waals surface area contributed by atoms with Crippen LogP contribution in [0.3, 0.4) is 0 Å². The minimum absolute atomic E-state index is 0.00614. The Morgan fingerprint density at radius 2 is 1.65 bits per heavy atom. The van der Waals surface area contributed by atoms with Crippen LogP contribution in [0.2, 0.25) is 0 Å². The predicted octanol–water partition coefficient (Wildman–Crippen LogP) is -0.541. The van der Waals surface area contributed by atoms with Gasteiger partial charge in [0.25, 0.3) is 0 Å². The van der Waals surface area contributed by atoms with Crippen molar-refractivity contribution in [2.75, 3.05) is 13.2 Å². The van der Waals surface area contributed by atoms with E-state index in [1.54, 1.807) is 6.08 Å². The highest BCUT2D eigenvalue weighted by Gasteiger charge is 2.69. The van der Waals surface area contributed by atoms with Gasteiger partial charge in [-0.15, -0.1) is 0 Å². The molecule has 0 aromatic carbocycles. The number of ether oxygens (including phenoxy) is 5. The largest absolute Gasteiger partial charge is 0.458 e. The van der Waals surface area contributed by atoms with E-state index in [1.165, 1.54) is 6.92 Å². The number of aldehydes is 1. The number of cyclic esters (lactones) is 1. The number of fused-ring (bicyclic) bond motifs is 5. The van der Waals surface area contributed by atoms with E-state index in [9.17, 15) is 45.3 Å². The van der Waals surface area contributed by atoms with Gasteiger partial charge in [-0.05, 0) is 94.0 Å². The van der Waals surface area contributed by atoms with Gasteiger partial charge in [-0.1, -0.05) is 6.92 Å². The lowest BCUT2D eigenvalue weighted by Gasteiger charge is -2.63. The average molecular weight is 697 g/mol. The molecule has 7 aliphatic rings. The summed E-state index contributed by atoms with van der Waals surface area (Å²) < 4.78 is 28.4. The summed E-state index contributed by atoms with van der Waals surface area (Å²) in [6.45, 7) is 3.36. The number of aliphatic hydroxyl groups is 7. The second-order valence-corrected chi connectivity index (χ2v) is 16.0. The maximum atomic E-state index is 13.1. The number of carbonyl (C=O) groups is 2. The SMILES string of the molecule is C[C@H]1O[C@H](O)[C@@H](O)[C@@H](O)[C@H]1O[C@@H]1O[C@H](CO)[C@@H](O[C@H]2CC[C@@]3(C=O)[C@@H](CC[C@@H]4[C@@H]3CC[C@]3(C)[C@@H](C5=CC(=O)OC5)CC[C@]43O)C2)[C@H](O)[C@H]1O. The fourth-order valence-corrected chi connectivity index (χ4v) is 11.3. The van der Waals surface area contributed by atoms with Crippen LogP contribution in [0.25, 0.3) is 0 Å². The van der Waals surface area contributed by atoms with Gasteiger partial charge >= 0.3 is 5.97 Å². The first-order chi connectivity index (χ1) is 23.3. The van der Waals surface area contributed by atoms with E-state index in [1.807, 2.05) is 0 Å². The first-order valence-electron chi connectivity index (χ1n) is 18.0. The van der Waals surface area contributed by atoms with Gasteiger partial charge < -0.3 is 64.2 Å². The molecule has 3 aliphatic heterocycles. The molecule has 7 rings (SSSR count). The van der Waals surface area contributed by atoms with Gasteiger partial charge in [0.1, 0.15) is 55.6 Å². The molecule has 276 valence electrons. The van der Waals surface area contributed by atoms with Gasteiger partial charge in [0.2, 0.25) is 0 Å². The summed E-state index contributed by atoms with van der Waals surface area (Å²) in [4.78, 5) is 25.0. The van der Waals surface area contributed by atoms with Crippen LogP contribution in [0.1, 0.15) is 71.6 Å². The molecule has 14 heteroatoms. The molecule has 0 amide bonds. The van der Waals surface area contributed by atoms with Crippen molar-refractivity contribution in [1.82, 2.24) is 0 Å². The molecule has 14 nitrogen and oxygen atoms in total. The van der Waals surface area contributed by atoms with Crippen LogP contribution >= 0.6 is 0 Å². The molecule has 3 heterocycles. The maximum absolute atomic E-state index is 13.1. The minimum atomic E-state index is -1.66. The van der Waals surface area contributed by atoms with Crippen LogP contribution in [-0.4, -0.2) is 134 Å². The van der Waals surface area contributed by atoms with Crippen molar-refractivity contribution in [3.05, 3.63) is 11.6 Å². The lowest BCUT2D eigenvalue weighted by Crippen LogP contribution is -2.65. The third-order valence-electron chi connectivity index (χ3n) is 14.0. The Hall–Kier alpha value is -1.56. The van der Waals surface area contributed by atoms with Gasteiger partial charge in [0, 0.05) is 16.9 Å². The standard InChI is InChI=1S/C35H52O14/c1-16-29(25(39)27(41)31(43)46-16)49-32-28(42)26(40)30(23(13-36)48-32)47-19-5-9-34(15-37)18(12-19)3-4-22-21(34)6-8-33(2)20(7-10-35(22,33)44)17-11-24(38)45-14-17/h11,15-16,18-23,25-32,36,39-44H,3-10,12-14H2,1-2H3/t16-,18+,19+,20-,21+,22-,23-,25-,26-,27+,28-,29+,30-,31+,32+,33-,34-,35+/m1/s1. The van der Waals surface area contributed by atoms with Crippen molar-refractivity contribution in [3.8, 4) is 0 Å². The molecule has 4 saturated carbocycles. The monoisotopic (exact) mass is 696 g/mol. The topological polar surface area (TPSA) is 222 Å². The molecule has 7 N–H and O–H groups in total. The molecule has 0 aromatic heterocycles. The fraction of sp³-hybridized carbons (Fsp3) is 0.886. The zero-order valence-electron chi connectivity index (χ0n) is 28.1. The summed E-state index contributed by atoms with van der Waals surface area (Å²) in [6, 6.07) is 0. The van der Waals surface area contributed by atoms with Crippen LogP contribution in [0, 0.1) is 34.5 Å². The van der Waals surface area contributed by atoms with Crippen LogP contribution in [0.4, 0.5) is 0 Å². The molecule has 4 aliphatic carbocycles. The second-order valence-electron chi connectivity index (χ2n) is 16.0. The Labute approximate surface area is 285 Å². The maximum Gasteiger partial charge on any atom is 0.331 e. The molecule has 0 radical (unpaired) electrons. The van der Waals surface area contributed by atoms with Gasteiger partial charge in [-0.3, -0.25) is 0 Å². The zero-order valence-corrected chi connectivity index (χ0v) is 28.1. The lowest BCUT2D eigenvalue weighted by molar-refractivity contribution is -0.356. The van der Waals surface area contributed by atoms with E-state index in [0.717, 1.165) is 44.0 Å². The predicted molar refractivity (Wildman–Crippen MR) is 166 cm³/mol. The summed E-state index contributed by atoms with van der Waals surface area (Å²) in [5.74, 6) is -0.314. The van der Waals surface area contributed by atoms with Gasteiger partial charge in [0.15, 0.2) is 12.6 Å². The summed E-state index contributed by atoms with van der Waals surface area (Å²) in [5.41, 5.74) is -1.03. The molecular formula is C35H52O14. The van der Waals surface area contributed by atoms with E-state index < -0.39 is 84.4 Å². The fourth-order valence-electron chi connectivity index (χ4n) is 11.3. The van der Waals surface area contributed by atoms with Crippen molar-refractivity contribution >= 4 is 12.3 Å². The Balaban J connectivity index is 1.02. The zero-order chi connectivity index (χ0) is 35.0. The van der Waals surface area contributed by atoms with Crippen molar-refractivity contribution in [3.63, 3.8) is 0 Å². The molecular weight excluding hydrogens is 644 g/mol. The summed E-state index contributed by atoms with van der Waals surface area (Å²) in [7, 11) is 0. The van der Waals surface area contributed by atoms with E-state index in [-0.39, 0.29) is 42.4 Å². The van der Waals surface area contributed by atoms with Crippen LogP contribution in [0.5, 0.6) is 0 Å². The first kappa shape index (κ1) is 35.8. The number of aliphatic hydroxyl groups excluding tert-OH is 6. The highest BCUT2D eigenvalue weighted by Crippen LogP contribution is 2.69. The lowest BCUT2D eigenvalue weighted by atomic mass is 9.43. The van der Waals surface area contributed by atoms with Crippen molar-refractivity contribution < 1.29 is 69.0 Å². The Morgan fingerprint density at radius 3 is 2.35 bits per heavy atom. The molecule has 0 aromatic rings. The summed E-state index contributed by atoms with van der Waals surface area (Å²) in [5, 5.41) is 75.2. The molecule has 49 heavy (non-hydrogen) atoms. The number of rotatable bonds is 7. The Morgan fingerprint density at radius 1 is 0.898 bits per heavy atom. The third-order valence-corrected chi connectivity index (χ3v) is 14.0. The van der Waals surface area contributed by atoms with E-state index in [4.69, 9.17) is 23.7 Å². The van der Waals surface area contributed by atoms with Crippen LogP contribution in [0.15, 0.2) is 11.6 Å². The number of hydrogen-bond acceptors (Lipinski definition) is 14. The van der Waals surface area contributed by atoms with Crippen molar-refractivity contribution in [2.24, 2.45) is 34.5 Å². The van der Waals surface area contributed by atoms with Crippen LogP contribution < -0.4 is 0 Å². The van der Waals surface area contributed by atoms with Crippen molar-refractivity contribution in [1.29, 1.82) is 0 Å². The van der Waals surface area contributed by atoms with Crippen LogP contribution in [-0.2, 0) is 33.3 Å². The van der Waals surface area contributed by atoms with Gasteiger partial charge in [0.05, 0.1) is 24.4 Å². The Kier molecular flexibility index (Phi) is 9.60. The number of hydrogen-bond donors (Lipinski definition) is 7. The molecule has 18 atom stereocenters.